The van der Waals surface area contributed by atoms with Crippen molar-refractivity contribution in [3.05, 3.63) is 94.0 Å². The van der Waals surface area contributed by atoms with Gasteiger partial charge in [0.2, 0.25) is 0 Å². The van der Waals surface area contributed by atoms with Crippen molar-refractivity contribution in [3.63, 3.8) is 0 Å². The van der Waals surface area contributed by atoms with Crippen LogP contribution in [0.2, 0.25) is 0 Å². The number of hydrogen-bond acceptors (Lipinski definition) is 3. The molecule has 0 atom stereocenters. The fourth-order valence-corrected chi connectivity index (χ4v) is 3.45. The van der Waals surface area contributed by atoms with E-state index in [0.29, 0.717) is 25.3 Å². The average Bonchev–Trinajstić information content (AvgIpc) is 3.20. The maximum atomic E-state index is 13.6. The number of non-ortho nitro benzene ring substituents is 1. The Morgan fingerprint density at radius 1 is 1.12 bits per heavy atom. The normalized spacial score (nSPS) is 10.7. The van der Waals surface area contributed by atoms with Gasteiger partial charge in [0.15, 0.2) is 0 Å². The van der Waals surface area contributed by atoms with Gasteiger partial charge < -0.3 is 14.8 Å². The summed E-state index contributed by atoms with van der Waals surface area (Å²) in [4.78, 5) is 25.1. The van der Waals surface area contributed by atoms with E-state index < -0.39 is 4.92 Å². The molecule has 1 N–H and O–H groups in total. The van der Waals surface area contributed by atoms with Crippen LogP contribution in [-0.2, 0) is 13.1 Å². The SMILES string of the molecule is CCCCCN(Cc1cccn1Cc1cccc(F)c1)C(=O)Nc1ccc([N+](=O)[O-])cc1. The number of nitrogens with zero attached hydrogens (tertiary/aromatic N) is 3. The highest BCUT2D eigenvalue weighted by Crippen LogP contribution is 2.17. The van der Waals surface area contributed by atoms with Crippen molar-refractivity contribution >= 4 is 17.4 Å². The van der Waals surface area contributed by atoms with Gasteiger partial charge in [-0.15, -0.1) is 0 Å². The summed E-state index contributed by atoms with van der Waals surface area (Å²) in [7, 11) is 0. The van der Waals surface area contributed by atoms with Crippen LogP contribution in [0.3, 0.4) is 0 Å². The zero-order chi connectivity index (χ0) is 22.9. The Kier molecular flexibility index (Phi) is 7.96. The lowest BCUT2D eigenvalue weighted by Gasteiger charge is -2.24. The number of halogens is 1. The van der Waals surface area contributed by atoms with E-state index in [-0.39, 0.29) is 17.5 Å². The summed E-state index contributed by atoms with van der Waals surface area (Å²) in [5.74, 6) is -0.278. The van der Waals surface area contributed by atoms with Crippen molar-refractivity contribution in [2.24, 2.45) is 0 Å². The van der Waals surface area contributed by atoms with Gasteiger partial charge in [-0.3, -0.25) is 10.1 Å². The van der Waals surface area contributed by atoms with Crippen LogP contribution in [-0.4, -0.2) is 27.0 Å². The summed E-state index contributed by atoms with van der Waals surface area (Å²) < 4.78 is 15.6. The number of unbranched alkanes of at least 4 members (excludes halogenated alkanes) is 2. The second-order valence-electron chi connectivity index (χ2n) is 7.62. The minimum absolute atomic E-state index is 0.0297. The van der Waals surface area contributed by atoms with Crippen molar-refractivity contribution in [1.29, 1.82) is 0 Å². The number of nitro groups is 1. The molecule has 0 saturated carbocycles. The van der Waals surface area contributed by atoms with E-state index in [0.717, 1.165) is 30.5 Å². The van der Waals surface area contributed by atoms with Crippen LogP contribution in [0.1, 0.15) is 37.4 Å². The highest BCUT2D eigenvalue weighted by molar-refractivity contribution is 5.89. The number of nitro benzene ring substituents is 1. The Bertz CT molecular complexity index is 1050. The molecule has 168 valence electrons. The molecule has 0 fully saturated rings. The number of hydrogen-bond donors (Lipinski definition) is 1. The first-order valence-corrected chi connectivity index (χ1v) is 10.6. The Hall–Kier alpha value is -3.68. The molecule has 0 bridgehead atoms. The lowest BCUT2D eigenvalue weighted by atomic mass is 10.2. The van der Waals surface area contributed by atoms with Crippen LogP contribution in [0.15, 0.2) is 66.9 Å². The van der Waals surface area contributed by atoms with Crippen molar-refractivity contribution in [2.45, 2.75) is 39.3 Å². The van der Waals surface area contributed by atoms with E-state index in [1.54, 1.807) is 11.0 Å². The molecule has 8 heteroatoms. The molecule has 0 unspecified atom stereocenters. The number of urea groups is 1. The van der Waals surface area contributed by atoms with Gasteiger partial charge >= 0.3 is 6.03 Å². The molecule has 1 aromatic heterocycles. The minimum atomic E-state index is -0.477. The third-order valence-corrected chi connectivity index (χ3v) is 5.17. The van der Waals surface area contributed by atoms with E-state index >= 15 is 0 Å². The maximum absolute atomic E-state index is 13.6. The topological polar surface area (TPSA) is 80.4 Å². The highest BCUT2D eigenvalue weighted by Gasteiger charge is 2.16. The zero-order valence-corrected chi connectivity index (χ0v) is 18.0. The molecule has 0 saturated heterocycles. The number of anilines is 1. The van der Waals surface area contributed by atoms with Crippen LogP contribution >= 0.6 is 0 Å². The number of aromatic nitrogens is 1. The predicted molar refractivity (Wildman–Crippen MR) is 122 cm³/mol. The standard InChI is InChI=1S/C24H27FN4O3/c1-2-3-4-14-28(24(30)26-21-10-12-22(13-11-21)29(31)32)18-23-9-6-15-27(23)17-19-7-5-8-20(25)16-19/h5-13,15-16H,2-4,14,17-18H2,1H3,(H,26,30). The molecule has 7 nitrogen and oxygen atoms in total. The minimum Gasteiger partial charge on any atom is -0.345 e. The van der Waals surface area contributed by atoms with Crippen molar-refractivity contribution in [3.8, 4) is 0 Å². The predicted octanol–water partition coefficient (Wildman–Crippen LogP) is 5.81. The molecule has 0 aliphatic heterocycles. The lowest BCUT2D eigenvalue weighted by Crippen LogP contribution is -2.36. The molecule has 0 aliphatic carbocycles. The van der Waals surface area contributed by atoms with Gasteiger partial charge in [-0.1, -0.05) is 31.9 Å². The van der Waals surface area contributed by atoms with Crippen LogP contribution in [0.5, 0.6) is 0 Å². The summed E-state index contributed by atoms with van der Waals surface area (Å²) >= 11 is 0. The number of benzene rings is 2. The second kappa shape index (κ2) is 11.1. The van der Waals surface area contributed by atoms with E-state index in [2.05, 4.69) is 12.2 Å². The van der Waals surface area contributed by atoms with Crippen LogP contribution in [0, 0.1) is 15.9 Å². The van der Waals surface area contributed by atoms with Crippen LogP contribution in [0.4, 0.5) is 20.6 Å². The number of carbonyl (C=O) groups excluding carboxylic acids is 1. The Labute approximate surface area is 186 Å². The molecule has 1 heterocycles. The molecule has 2 amide bonds. The van der Waals surface area contributed by atoms with E-state index in [1.165, 1.54) is 36.4 Å². The summed E-state index contributed by atoms with van der Waals surface area (Å²) in [6.07, 6.45) is 4.83. The smallest absolute Gasteiger partial charge is 0.322 e. The molecule has 0 aliphatic rings. The Morgan fingerprint density at radius 3 is 2.59 bits per heavy atom. The summed E-state index contributed by atoms with van der Waals surface area (Å²) in [6.45, 7) is 3.58. The maximum Gasteiger partial charge on any atom is 0.322 e. The first-order valence-electron chi connectivity index (χ1n) is 10.6. The molecule has 32 heavy (non-hydrogen) atoms. The molecule has 3 rings (SSSR count). The van der Waals surface area contributed by atoms with Gasteiger partial charge in [-0.25, -0.2) is 9.18 Å². The van der Waals surface area contributed by atoms with Gasteiger partial charge in [0.1, 0.15) is 5.82 Å². The molecule has 0 spiro atoms. The summed E-state index contributed by atoms with van der Waals surface area (Å²) in [5, 5.41) is 13.7. The lowest BCUT2D eigenvalue weighted by molar-refractivity contribution is -0.384. The molecule has 2 aromatic carbocycles. The van der Waals surface area contributed by atoms with E-state index in [4.69, 9.17) is 0 Å². The summed E-state index contributed by atoms with van der Waals surface area (Å²) in [6, 6.07) is 15.8. The third kappa shape index (κ3) is 6.41. The Morgan fingerprint density at radius 2 is 1.91 bits per heavy atom. The second-order valence-corrected chi connectivity index (χ2v) is 7.62. The van der Waals surface area contributed by atoms with Crippen molar-refractivity contribution in [1.82, 2.24) is 9.47 Å². The first-order chi connectivity index (χ1) is 15.5. The van der Waals surface area contributed by atoms with Gasteiger partial charge in [-0.2, -0.15) is 0 Å². The highest BCUT2D eigenvalue weighted by atomic mass is 19.1. The van der Waals surface area contributed by atoms with Crippen LogP contribution in [0.25, 0.3) is 0 Å². The van der Waals surface area contributed by atoms with Crippen molar-refractivity contribution < 1.29 is 14.1 Å². The molecular formula is C24H27FN4O3. The first kappa shape index (κ1) is 23.0. The number of carbonyl (C=O) groups is 1. The van der Waals surface area contributed by atoms with Crippen molar-refractivity contribution in [2.75, 3.05) is 11.9 Å². The van der Waals surface area contributed by atoms with Gasteiger partial charge in [0.25, 0.3) is 5.69 Å². The number of amides is 2. The molecular weight excluding hydrogens is 411 g/mol. The zero-order valence-electron chi connectivity index (χ0n) is 18.0. The fourth-order valence-electron chi connectivity index (χ4n) is 3.45. The number of nitrogens with one attached hydrogen (secondary N) is 1. The molecule has 3 aromatic rings. The Balaban J connectivity index is 1.72. The average molecular weight is 439 g/mol. The largest absolute Gasteiger partial charge is 0.345 e. The van der Waals surface area contributed by atoms with Gasteiger partial charge in [-0.05, 0) is 48.4 Å². The molecule has 0 radical (unpaired) electrons. The summed E-state index contributed by atoms with van der Waals surface area (Å²) in [5.41, 5.74) is 2.24. The van der Waals surface area contributed by atoms with Gasteiger partial charge in [0, 0.05) is 42.8 Å². The van der Waals surface area contributed by atoms with E-state index in [9.17, 15) is 19.3 Å². The number of rotatable bonds is 10. The van der Waals surface area contributed by atoms with Crippen LogP contribution < -0.4 is 5.32 Å². The third-order valence-electron chi connectivity index (χ3n) is 5.17. The van der Waals surface area contributed by atoms with Gasteiger partial charge in [0.05, 0.1) is 11.5 Å². The fraction of sp³-hybridized carbons (Fsp3) is 0.292. The quantitative estimate of drug-likeness (QED) is 0.246. The van der Waals surface area contributed by atoms with E-state index in [1.807, 2.05) is 29.0 Å². The monoisotopic (exact) mass is 438 g/mol.